The van der Waals surface area contributed by atoms with Crippen molar-refractivity contribution < 1.29 is 23.2 Å². The van der Waals surface area contributed by atoms with Gasteiger partial charge in [0.1, 0.15) is 0 Å². The normalized spacial score (nSPS) is 14.6. The molecule has 0 spiro atoms. The highest BCUT2D eigenvalue weighted by atomic mass is 19.2. The summed E-state index contributed by atoms with van der Waals surface area (Å²) in [6.45, 7) is 1.15. The lowest BCUT2D eigenvalue weighted by atomic mass is 10.0. The maximum Gasteiger partial charge on any atom is 0.251 e. The summed E-state index contributed by atoms with van der Waals surface area (Å²) in [7, 11) is 0. The van der Waals surface area contributed by atoms with Gasteiger partial charge < -0.3 is 16.0 Å². The maximum absolute atomic E-state index is 13.2. The molecule has 3 amide bonds. The molecule has 0 atom stereocenters. The standard InChI is InChI=1S/C22H24F2N4O3/c23-18-7-6-17(12-19(18)24)26-20(29)13-25-21(30)14-28-10-8-16(9-11-28)27-22(31)15-4-2-1-3-5-15/h1-7,12,16H,8-11,13-14H2,(H,25,30)(H,26,29)(H,27,31). The molecule has 0 bridgehead atoms. The second-order valence-corrected chi connectivity index (χ2v) is 7.34. The summed E-state index contributed by atoms with van der Waals surface area (Å²) < 4.78 is 26.1. The molecule has 9 heteroatoms. The molecule has 31 heavy (non-hydrogen) atoms. The van der Waals surface area contributed by atoms with Crippen LogP contribution >= 0.6 is 0 Å². The van der Waals surface area contributed by atoms with Gasteiger partial charge in [-0.1, -0.05) is 18.2 Å². The fraction of sp³-hybridized carbons (Fsp3) is 0.318. The number of amides is 3. The van der Waals surface area contributed by atoms with Crippen molar-refractivity contribution in [2.75, 3.05) is 31.5 Å². The number of hydrogen-bond donors (Lipinski definition) is 3. The molecule has 0 radical (unpaired) electrons. The van der Waals surface area contributed by atoms with Crippen molar-refractivity contribution >= 4 is 23.4 Å². The smallest absolute Gasteiger partial charge is 0.251 e. The Bertz CT molecular complexity index is 932. The quantitative estimate of drug-likeness (QED) is 0.626. The summed E-state index contributed by atoms with van der Waals surface area (Å²) in [5.41, 5.74) is 0.726. The van der Waals surface area contributed by atoms with Gasteiger partial charge in [-0.3, -0.25) is 19.3 Å². The molecule has 2 aromatic rings. The highest BCUT2D eigenvalue weighted by Gasteiger charge is 2.22. The van der Waals surface area contributed by atoms with E-state index in [0.717, 1.165) is 25.0 Å². The summed E-state index contributed by atoms with van der Waals surface area (Å²) in [6, 6.07) is 12.1. The molecule has 3 rings (SSSR count). The van der Waals surface area contributed by atoms with Crippen molar-refractivity contribution in [3.8, 4) is 0 Å². The van der Waals surface area contributed by atoms with Gasteiger partial charge in [-0.2, -0.15) is 0 Å². The Morgan fingerprint density at radius 3 is 2.32 bits per heavy atom. The second kappa shape index (κ2) is 10.6. The molecule has 164 valence electrons. The first-order chi connectivity index (χ1) is 14.9. The Kier molecular flexibility index (Phi) is 7.66. The van der Waals surface area contributed by atoms with Crippen molar-refractivity contribution in [1.82, 2.24) is 15.5 Å². The molecule has 1 fully saturated rings. The number of piperidine rings is 1. The van der Waals surface area contributed by atoms with Crippen LogP contribution in [0.3, 0.4) is 0 Å². The summed E-state index contributed by atoms with van der Waals surface area (Å²) >= 11 is 0. The van der Waals surface area contributed by atoms with Crippen LogP contribution in [0.5, 0.6) is 0 Å². The summed E-state index contributed by atoms with van der Waals surface area (Å²) in [4.78, 5) is 38.1. The number of anilines is 1. The van der Waals surface area contributed by atoms with Crippen LogP contribution in [0.2, 0.25) is 0 Å². The zero-order valence-electron chi connectivity index (χ0n) is 16.9. The predicted molar refractivity (Wildman–Crippen MR) is 111 cm³/mol. The van der Waals surface area contributed by atoms with Gasteiger partial charge in [-0.15, -0.1) is 0 Å². The van der Waals surface area contributed by atoms with E-state index in [-0.39, 0.29) is 36.6 Å². The minimum absolute atomic E-state index is 0.0499. The lowest BCUT2D eigenvalue weighted by Crippen LogP contribution is -2.48. The Labute approximate surface area is 178 Å². The second-order valence-electron chi connectivity index (χ2n) is 7.34. The minimum atomic E-state index is -1.06. The third kappa shape index (κ3) is 6.85. The molecule has 1 saturated heterocycles. The molecule has 7 nitrogen and oxygen atoms in total. The number of rotatable bonds is 7. The Hall–Kier alpha value is -3.33. The molecule has 0 aliphatic carbocycles. The molecular weight excluding hydrogens is 406 g/mol. The number of nitrogens with one attached hydrogen (secondary N) is 3. The van der Waals surface area contributed by atoms with Gasteiger partial charge in [0.25, 0.3) is 5.91 Å². The van der Waals surface area contributed by atoms with E-state index in [9.17, 15) is 23.2 Å². The molecule has 1 aliphatic rings. The van der Waals surface area contributed by atoms with Crippen LogP contribution in [-0.2, 0) is 9.59 Å². The number of carbonyl (C=O) groups excluding carboxylic acids is 3. The van der Waals surface area contributed by atoms with Gasteiger partial charge in [-0.05, 0) is 37.1 Å². The van der Waals surface area contributed by atoms with Gasteiger partial charge in [0, 0.05) is 36.4 Å². The largest absolute Gasteiger partial charge is 0.349 e. The van der Waals surface area contributed by atoms with Crippen molar-refractivity contribution in [3.05, 3.63) is 65.7 Å². The molecule has 0 aromatic heterocycles. The zero-order valence-corrected chi connectivity index (χ0v) is 16.9. The van der Waals surface area contributed by atoms with E-state index in [2.05, 4.69) is 16.0 Å². The van der Waals surface area contributed by atoms with E-state index in [1.165, 1.54) is 6.07 Å². The Morgan fingerprint density at radius 2 is 1.65 bits per heavy atom. The highest BCUT2D eigenvalue weighted by molar-refractivity contribution is 5.95. The Morgan fingerprint density at radius 1 is 0.935 bits per heavy atom. The molecule has 2 aromatic carbocycles. The molecule has 3 N–H and O–H groups in total. The number of halogens is 2. The average molecular weight is 430 g/mol. The summed E-state index contributed by atoms with van der Waals surface area (Å²) in [6.07, 6.45) is 1.45. The van der Waals surface area contributed by atoms with Crippen LogP contribution in [0.4, 0.5) is 14.5 Å². The summed E-state index contributed by atoms with van der Waals surface area (Å²) in [5, 5.41) is 7.91. The lowest BCUT2D eigenvalue weighted by Gasteiger charge is -2.31. The fourth-order valence-electron chi connectivity index (χ4n) is 3.31. The third-order valence-electron chi connectivity index (χ3n) is 4.98. The number of benzene rings is 2. The van der Waals surface area contributed by atoms with E-state index in [1.807, 2.05) is 23.1 Å². The summed E-state index contributed by atoms with van der Waals surface area (Å²) in [5.74, 6) is -3.03. The first kappa shape index (κ1) is 22.4. The van der Waals surface area contributed by atoms with Crippen molar-refractivity contribution in [2.24, 2.45) is 0 Å². The first-order valence-electron chi connectivity index (χ1n) is 10.0. The van der Waals surface area contributed by atoms with Crippen LogP contribution in [0.1, 0.15) is 23.2 Å². The van der Waals surface area contributed by atoms with Gasteiger partial charge >= 0.3 is 0 Å². The third-order valence-corrected chi connectivity index (χ3v) is 4.98. The molecule has 1 heterocycles. The van der Waals surface area contributed by atoms with Crippen LogP contribution < -0.4 is 16.0 Å². The number of carbonyl (C=O) groups is 3. The van der Waals surface area contributed by atoms with E-state index >= 15 is 0 Å². The molecule has 1 aliphatic heterocycles. The van der Waals surface area contributed by atoms with Gasteiger partial charge in [-0.25, -0.2) is 8.78 Å². The number of hydrogen-bond acceptors (Lipinski definition) is 4. The average Bonchev–Trinajstić information content (AvgIpc) is 2.77. The number of nitrogens with zero attached hydrogens (tertiary/aromatic N) is 1. The number of likely N-dealkylation sites (tertiary alicyclic amines) is 1. The van der Waals surface area contributed by atoms with Gasteiger partial charge in [0.15, 0.2) is 11.6 Å². The van der Waals surface area contributed by atoms with E-state index in [0.29, 0.717) is 18.7 Å². The van der Waals surface area contributed by atoms with Crippen molar-refractivity contribution in [1.29, 1.82) is 0 Å². The minimum Gasteiger partial charge on any atom is -0.349 e. The molecule has 0 unspecified atom stereocenters. The van der Waals surface area contributed by atoms with Gasteiger partial charge in [0.05, 0.1) is 13.1 Å². The van der Waals surface area contributed by atoms with E-state index in [4.69, 9.17) is 0 Å². The SMILES string of the molecule is O=C(CN1CCC(NC(=O)c2ccccc2)CC1)NCC(=O)Nc1ccc(F)c(F)c1. The maximum atomic E-state index is 13.2. The van der Waals surface area contributed by atoms with Crippen LogP contribution in [-0.4, -0.2) is 54.8 Å². The lowest BCUT2D eigenvalue weighted by molar-refractivity contribution is -0.125. The monoisotopic (exact) mass is 430 g/mol. The first-order valence-corrected chi connectivity index (χ1v) is 10.0. The van der Waals surface area contributed by atoms with Crippen molar-refractivity contribution in [2.45, 2.75) is 18.9 Å². The van der Waals surface area contributed by atoms with E-state index in [1.54, 1.807) is 12.1 Å². The zero-order chi connectivity index (χ0) is 22.2. The van der Waals surface area contributed by atoms with Crippen LogP contribution in [0, 0.1) is 11.6 Å². The topological polar surface area (TPSA) is 90.5 Å². The van der Waals surface area contributed by atoms with Crippen LogP contribution in [0.25, 0.3) is 0 Å². The fourth-order valence-corrected chi connectivity index (χ4v) is 3.31. The van der Waals surface area contributed by atoms with Gasteiger partial charge in [0.2, 0.25) is 11.8 Å². The van der Waals surface area contributed by atoms with Crippen molar-refractivity contribution in [3.63, 3.8) is 0 Å². The predicted octanol–water partition coefficient (Wildman–Crippen LogP) is 1.91. The van der Waals surface area contributed by atoms with Crippen LogP contribution in [0.15, 0.2) is 48.5 Å². The molecule has 0 saturated carbocycles. The molecular formula is C22H24F2N4O3. The Balaban J connectivity index is 1.34. The van der Waals surface area contributed by atoms with E-state index < -0.39 is 17.5 Å². The highest BCUT2D eigenvalue weighted by Crippen LogP contribution is 2.13.